The molecule has 1 aliphatic heterocycles. The average molecular weight is 592 g/mol. The highest BCUT2D eigenvalue weighted by molar-refractivity contribution is 5.60. The van der Waals surface area contributed by atoms with Crippen molar-refractivity contribution in [3.05, 3.63) is 81.9 Å². The minimum absolute atomic E-state index is 0.0441. The molecule has 0 unspecified atom stereocenters. The molecule has 2 atom stereocenters. The maximum atomic E-state index is 13.6. The standard InChI is InChI=1S/C27H26F9N5/c1-4-18-12-20(19-11-15(25(28,29)30)5-6-22(19)41(18)37)24-38-13-23(40(2)3)21(39-24)9-14-7-16(26(31,32)33)10-17(8-14)27(34,35)36/h5-8,10-11,13,18,20H,4,9,12,37H2,1-3H3/t18-,20+/m1/s1. The number of halogens is 9. The van der Waals surface area contributed by atoms with Crippen LogP contribution in [-0.4, -0.2) is 30.1 Å². The lowest BCUT2D eigenvalue weighted by atomic mass is 9.84. The fourth-order valence-corrected chi connectivity index (χ4v) is 4.97. The largest absolute Gasteiger partial charge is 0.416 e. The SMILES string of the molecule is CC[C@@H]1C[C@H](c2ncc(N(C)C)c(Cc3cc(C(F)(F)F)cc(C(F)(F)F)c3)n2)c2cc(C(F)(F)F)ccc2N1N. The van der Waals surface area contributed by atoms with Crippen LogP contribution in [0.25, 0.3) is 0 Å². The van der Waals surface area contributed by atoms with Crippen LogP contribution in [0, 0.1) is 0 Å². The molecule has 2 heterocycles. The fraction of sp³-hybridized carbons (Fsp3) is 0.407. The lowest BCUT2D eigenvalue weighted by molar-refractivity contribution is -0.143. The van der Waals surface area contributed by atoms with Gasteiger partial charge in [-0.15, -0.1) is 0 Å². The second-order valence-electron chi connectivity index (χ2n) is 10.1. The van der Waals surface area contributed by atoms with Crippen molar-refractivity contribution in [1.29, 1.82) is 0 Å². The zero-order valence-corrected chi connectivity index (χ0v) is 22.1. The molecule has 0 spiro atoms. The number of alkyl halides is 9. The Bertz CT molecular complexity index is 1380. The number of nitrogens with zero attached hydrogens (tertiary/aromatic N) is 4. The summed E-state index contributed by atoms with van der Waals surface area (Å²) in [5, 5.41) is 1.39. The number of fused-ring (bicyclic) bond motifs is 1. The molecular weight excluding hydrogens is 565 g/mol. The summed E-state index contributed by atoms with van der Waals surface area (Å²) in [4.78, 5) is 10.4. The minimum Gasteiger partial charge on any atom is -0.375 e. The maximum Gasteiger partial charge on any atom is 0.416 e. The molecule has 2 aromatic carbocycles. The molecule has 2 N–H and O–H groups in total. The van der Waals surface area contributed by atoms with Crippen LogP contribution in [0.3, 0.4) is 0 Å². The lowest BCUT2D eigenvalue weighted by Crippen LogP contribution is -2.45. The van der Waals surface area contributed by atoms with E-state index in [0.717, 1.165) is 12.1 Å². The molecule has 0 saturated carbocycles. The smallest absolute Gasteiger partial charge is 0.375 e. The van der Waals surface area contributed by atoms with Gasteiger partial charge in [0.1, 0.15) is 5.82 Å². The number of benzene rings is 2. The van der Waals surface area contributed by atoms with Crippen molar-refractivity contribution in [3.8, 4) is 0 Å². The van der Waals surface area contributed by atoms with Gasteiger partial charge in [-0.1, -0.05) is 6.92 Å². The van der Waals surface area contributed by atoms with Gasteiger partial charge in [-0.25, -0.2) is 15.8 Å². The van der Waals surface area contributed by atoms with E-state index in [0.29, 0.717) is 29.9 Å². The Morgan fingerprint density at radius 1 is 0.878 bits per heavy atom. The van der Waals surface area contributed by atoms with E-state index >= 15 is 0 Å². The Kier molecular flexibility index (Phi) is 7.93. The normalized spacial score (nSPS) is 17.9. The number of anilines is 2. The molecule has 1 aliphatic rings. The van der Waals surface area contributed by atoms with Gasteiger partial charge < -0.3 is 9.91 Å². The lowest BCUT2D eigenvalue weighted by Gasteiger charge is -2.39. The van der Waals surface area contributed by atoms with E-state index in [2.05, 4.69) is 9.97 Å². The molecule has 0 bridgehead atoms. The predicted molar refractivity (Wildman–Crippen MR) is 134 cm³/mol. The van der Waals surface area contributed by atoms with Crippen molar-refractivity contribution in [2.75, 3.05) is 24.0 Å². The summed E-state index contributed by atoms with van der Waals surface area (Å²) in [5.41, 5.74) is -3.11. The topological polar surface area (TPSA) is 58.3 Å². The van der Waals surface area contributed by atoms with E-state index < -0.39 is 47.6 Å². The van der Waals surface area contributed by atoms with Gasteiger partial charge in [0.05, 0.1) is 40.0 Å². The molecule has 0 fully saturated rings. The molecule has 3 aromatic rings. The number of hydrogen-bond acceptors (Lipinski definition) is 5. The molecule has 1 aromatic heterocycles. The summed E-state index contributed by atoms with van der Waals surface area (Å²) in [6, 6.07) is 4.16. The quantitative estimate of drug-likeness (QED) is 0.252. The van der Waals surface area contributed by atoms with Crippen LogP contribution in [0.4, 0.5) is 50.9 Å². The third-order valence-electron chi connectivity index (χ3n) is 7.06. The Morgan fingerprint density at radius 2 is 1.46 bits per heavy atom. The van der Waals surface area contributed by atoms with Gasteiger partial charge in [0.15, 0.2) is 0 Å². The zero-order valence-electron chi connectivity index (χ0n) is 22.1. The molecule has 0 saturated heterocycles. The second-order valence-corrected chi connectivity index (χ2v) is 10.1. The molecule has 222 valence electrons. The molecule has 0 radical (unpaired) electrons. The first-order valence-electron chi connectivity index (χ1n) is 12.5. The van der Waals surface area contributed by atoms with Gasteiger partial charge >= 0.3 is 18.5 Å². The van der Waals surface area contributed by atoms with Gasteiger partial charge in [0.25, 0.3) is 0 Å². The summed E-state index contributed by atoms with van der Waals surface area (Å²) in [6.07, 6.45) is -13.0. The Balaban J connectivity index is 1.85. The van der Waals surface area contributed by atoms with Crippen LogP contribution in [0.1, 0.15) is 65.0 Å². The van der Waals surface area contributed by atoms with Crippen molar-refractivity contribution < 1.29 is 39.5 Å². The summed E-state index contributed by atoms with van der Waals surface area (Å²) >= 11 is 0. The van der Waals surface area contributed by atoms with Gasteiger partial charge in [-0.05, 0) is 60.4 Å². The van der Waals surface area contributed by atoms with E-state index in [1.807, 2.05) is 6.92 Å². The fourth-order valence-electron chi connectivity index (χ4n) is 4.97. The third-order valence-corrected chi connectivity index (χ3v) is 7.06. The van der Waals surface area contributed by atoms with Crippen LogP contribution in [-0.2, 0) is 24.9 Å². The Morgan fingerprint density at radius 3 is 1.98 bits per heavy atom. The molecular formula is C27H26F9N5. The third kappa shape index (κ3) is 6.36. The zero-order chi connectivity index (χ0) is 30.5. The van der Waals surface area contributed by atoms with E-state index in [1.165, 1.54) is 17.3 Å². The second kappa shape index (κ2) is 10.7. The first kappa shape index (κ1) is 30.4. The molecule has 14 heteroatoms. The van der Waals surface area contributed by atoms with E-state index in [-0.39, 0.29) is 41.2 Å². The Hall–Kier alpha value is -3.55. The molecule has 5 nitrogen and oxygen atoms in total. The minimum atomic E-state index is -5.03. The maximum absolute atomic E-state index is 13.6. The number of rotatable bonds is 5. The monoisotopic (exact) mass is 591 g/mol. The first-order valence-corrected chi connectivity index (χ1v) is 12.5. The average Bonchev–Trinajstić information content (AvgIpc) is 2.87. The van der Waals surface area contributed by atoms with Gasteiger partial charge in [-0.3, -0.25) is 0 Å². The molecule has 0 amide bonds. The highest BCUT2D eigenvalue weighted by Crippen LogP contribution is 2.44. The van der Waals surface area contributed by atoms with E-state index in [9.17, 15) is 39.5 Å². The van der Waals surface area contributed by atoms with Gasteiger partial charge in [0.2, 0.25) is 0 Å². The predicted octanol–water partition coefficient (Wildman–Crippen LogP) is 7.18. The van der Waals surface area contributed by atoms with E-state index in [4.69, 9.17) is 5.84 Å². The van der Waals surface area contributed by atoms with Crippen LogP contribution in [0.2, 0.25) is 0 Å². The highest BCUT2D eigenvalue weighted by Gasteiger charge is 2.39. The van der Waals surface area contributed by atoms with Crippen LogP contribution >= 0.6 is 0 Å². The molecule has 0 aliphatic carbocycles. The summed E-state index contributed by atoms with van der Waals surface area (Å²) < 4.78 is 121. The van der Waals surface area contributed by atoms with Crippen LogP contribution < -0.4 is 15.8 Å². The first-order chi connectivity index (χ1) is 18.9. The molecule has 41 heavy (non-hydrogen) atoms. The van der Waals surface area contributed by atoms with Crippen LogP contribution in [0.15, 0.2) is 42.6 Å². The molecule has 4 rings (SSSR count). The van der Waals surface area contributed by atoms with Crippen molar-refractivity contribution in [3.63, 3.8) is 0 Å². The number of aromatic nitrogens is 2. The van der Waals surface area contributed by atoms with Crippen molar-refractivity contribution in [2.24, 2.45) is 5.84 Å². The Labute approximate surface area is 229 Å². The summed E-state index contributed by atoms with van der Waals surface area (Å²) in [7, 11) is 3.19. The van der Waals surface area contributed by atoms with Crippen molar-refractivity contribution >= 4 is 11.4 Å². The highest BCUT2D eigenvalue weighted by atomic mass is 19.4. The van der Waals surface area contributed by atoms with Crippen molar-refractivity contribution in [2.45, 2.75) is 56.7 Å². The summed E-state index contributed by atoms with van der Waals surface area (Å²) in [6.45, 7) is 1.85. The number of nitrogens with two attached hydrogens (primary N) is 1. The number of hydrazine groups is 1. The summed E-state index contributed by atoms with van der Waals surface area (Å²) in [5.74, 6) is 5.54. The van der Waals surface area contributed by atoms with Gasteiger partial charge in [0, 0.05) is 32.5 Å². The van der Waals surface area contributed by atoms with Crippen molar-refractivity contribution in [1.82, 2.24) is 9.97 Å². The van der Waals surface area contributed by atoms with Gasteiger partial charge in [-0.2, -0.15) is 39.5 Å². The van der Waals surface area contributed by atoms with Crippen LogP contribution in [0.5, 0.6) is 0 Å². The van der Waals surface area contributed by atoms with E-state index in [1.54, 1.807) is 19.0 Å². The number of hydrogen-bond donors (Lipinski definition) is 1.